The highest BCUT2D eigenvalue weighted by molar-refractivity contribution is 9.10. The highest BCUT2D eigenvalue weighted by Crippen LogP contribution is 2.41. The van der Waals surface area contributed by atoms with Gasteiger partial charge in [-0.25, -0.2) is 0 Å². The van der Waals surface area contributed by atoms with Gasteiger partial charge >= 0.3 is 0 Å². The van der Waals surface area contributed by atoms with E-state index in [1.807, 2.05) is 0 Å². The van der Waals surface area contributed by atoms with Crippen molar-refractivity contribution in [3.63, 3.8) is 0 Å². The van der Waals surface area contributed by atoms with E-state index in [0.29, 0.717) is 0 Å². The number of nitrogens with zero attached hydrogens (tertiary/aromatic N) is 2. The number of benzene rings is 1. The second-order valence-electron chi connectivity index (χ2n) is 9.40. The summed E-state index contributed by atoms with van der Waals surface area (Å²) in [6.07, 6.45) is 12.3. The number of aliphatic hydroxyl groups is 1. The van der Waals surface area contributed by atoms with Crippen molar-refractivity contribution in [3.8, 4) is 0 Å². The molecule has 156 valence electrons. The summed E-state index contributed by atoms with van der Waals surface area (Å²) in [6, 6.07) is 9.47. The Morgan fingerprint density at radius 3 is 2.32 bits per heavy atom. The molecule has 2 aliphatic heterocycles. The molecule has 28 heavy (non-hydrogen) atoms. The van der Waals surface area contributed by atoms with Crippen LogP contribution in [-0.4, -0.2) is 59.3 Å². The molecule has 1 aromatic carbocycles. The summed E-state index contributed by atoms with van der Waals surface area (Å²) in [7, 11) is 0. The van der Waals surface area contributed by atoms with E-state index in [1.54, 1.807) is 0 Å². The Labute approximate surface area is 179 Å². The second kappa shape index (κ2) is 9.59. The number of rotatable bonds is 5. The lowest BCUT2D eigenvalue weighted by Gasteiger charge is -2.44. The van der Waals surface area contributed by atoms with Gasteiger partial charge in [-0.1, -0.05) is 53.7 Å². The van der Waals surface area contributed by atoms with Crippen molar-refractivity contribution in [3.05, 3.63) is 34.3 Å². The molecule has 3 aliphatic rings. The van der Waals surface area contributed by atoms with E-state index in [2.05, 4.69) is 50.0 Å². The van der Waals surface area contributed by atoms with E-state index < -0.39 is 5.60 Å². The lowest BCUT2D eigenvalue weighted by atomic mass is 9.72. The Morgan fingerprint density at radius 2 is 1.64 bits per heavy atom. The quantitative estimate of drug-likeness (QED) is 0.671. The fourth-order valence-corrected chi connectivity index (χ4v) is 6.25. The molecule has 0 amide bonds. The molecule has 1 aromatic rings. The molecule has 4 rings (SSSR count). The normalized spacial score (nSPS) is 26.2. The summed E-state index contributed by atoms with van der Waals surface area (Å²) in [5.74, 6) is 0.219. The van der Waals surface area contributed by atoms with Crippen LogP contribution in [0.1, 0.15) is 75.7 Å². The van der Waals surface area contributed by atoms with Crippen molar-refractivity contribution in [2.24, 2.45) is 0 Å². The molecule has 2 heterocycles. The molecular formula is C24H37BrN2O. The summed E-state index contributed by atoms with van der Waals surface area (Å²) in [5, 5.41) is 11.6. The zero-order chi connectivity index (χ0) is 19.4. The largest absolute Gasteiger partial charge is 0.389 e. The first-order valence-electron chi connectivity index (χ1n) is 11.6. The predicted octanol–water partition coefficient (Wildman–Crippen LogP) is 5.18. The summed E-state index contributed by atoms with van der Waals surface area (Å²) in [5.41, 5.74) is 0.764. The maximum atomic E-state index is 11.6. The Morgan fingerprint density at radius 1 is 0.964 bits per heavy atom. The maximum Gasteiger partial charge on any atom is 0.0728 e. The van der Waals surface area contributed by atoms with E-state index in [0.717, 1.165) is 42.7 Å². The Kier molecular flexibility index (Phi) is 7.14. The highest BCUT2D eigenvalue weighted by Gasteiger charge is 2.40. The number of hydrogen-bond acceptors (Lipinski definition) is 3. The van der Waals surface area contributed by atoms with Crippen LogP contribution in [0, 0.1) is 0 Å². The predicted molar refractivity (Wildman–Crippen MR) is 120 cm³/mol. The van der Waals surface area contributed by atoms with Gasteiger partial charge in [0.05, 0.1) is 5.60 Å². The molecule has 1 aliphatic carbocycles. The Balaban J connectivity index is 1.43. The van der Waals surface area contributed by atoms with E-state index in [9.17, 15) is 5.11 Å². The molecule has 3 fully saturated rings. The SMILES string of the molecule is OC1(C(CN2CCC(N3CCCCC3)CC2)c2cccc(Br)c2)CCCCC1. The minimum atomic E-state index is -0.539. The van der Waals surface area contributed by atoms with Crippen molar-refractivity contribution in [1.82, 2.24) is 9.80 Å². The van der Waals surface area contributed by atoms with Gasteiger partial charge in [0.1, 0.15) is 0 Å². The summed E-state index contributed by atoms with van der Waals surface area (Å²) < 4.78 is 1.12. The third kappa shape index (κ3) is 5.00. The van der Waals surface area contributed by atoms with Crippen LogP contribution < -0.4 is 0 Å². The summed E-state index contributed by atoms with van der Waals surface area (Å²) in [4.78, 5) is 5.39. The van der Waals surface area contributed by atoms with Gasteiger partial charge in [-0.15, -0.1) is 0 Å². The average molecular weight is 449 g/mol. The van der Waals surface area contributed by atoms with Crippen LogP contribution in [0.4, 0.5) is 0 Å². The lowest BCUT2D eigenvalue weighted by Crippen LogP contribution is -2.50. The standard InChI is InChI=1S/C24H37BrN2O/c25-21-9-7-8-20(18-21)23(24(28)12-3-1-4-13-24)19-26-16-10-22(11-17-26)27-14-5-2-6-15-27/h7-9,18,22-23,28H,1-6,10-17,19H2. The average Bonchev–Trinajstić information content (AvgIpc) is 2.73. The molecule has 0 radical (unpaired) electrons. The molecule has 3 nitrogen and oxygen atoms in total. The highest BCUT2D eigenvalue weighted by atomic mass is 79.9. The Hall–Kier alpha value is -0.420. The van der Waals surface area contributed by atoms with Gasteiger partial charge in [0, 0.05) is 23.0 Å². The van der Waals surface area contributed by atoms with Crippen molar-refractivity contribution in [1.29, 1.82) is 0 Å². The Bertz CT molecular complexity index is 617. The minimum Gasteiger partial charge on any atom is -0.389 e. The zero-order valence-electron chi connectivity index (χ0n) is 17.3. The van der Waals surface area contributed by atoms with Crippen molar-refractivity contribution in [2.45, 2.75) is 81.8 Å². The van der Waals surface area contributed by atoms with Gasteiger partial charge in [0.15, 0.2) is 0 Å². The van der Waals surface area contributed by atoms with E-state index in [4.69, 9.17) is 0 Å². The van der Waals surface area contributed by atoms with Crippen LogP contribution in [0.2, 0.25) is 0 Å². The molecule has 2 saturated heterocycles. The number of halogens is 1. The van der Waals surface area contributed by atoms with Crippen molar-refractivity contribution >= 4 is 15.9 Å². The molecule has 1 saturated carbocycles. The van der Waals surface area contributed by atoms with E-state index in [-0.39, 0.29) is 5.92 Å². The van der Waals surface area contributed by atoms with Gasteiger partial charge in [0.2, 0.25) is 0 Å². The third-order valence-corrected chi connectivity index (χ3v) is 8.02. The van der Waals surface area contributed by atoms with Crippen molar-refractivity contribution in [2.75, 3.05) is 32.7 Å². The van der Waals surface area contributed by atoms with Gasteiger partial charge in [-0.2, -0.15) is 0 Å². The first-order valence-corrected chi connectivity index (χ1v) is 12.4. The maximum absolute atomic E-state index is 11.6. The topological polar surface area (TPSA) is 26.7 Å². The first-order chi connectivity index (χ1) is 13.6. The number of likely N-dealkylation sites (tertiary alicyclic amines) is 2. The van der Waals surface area contributed by atoms with Gasteiger partial charge in [-0.05, 0) is 82.4 Å². The lowest BCUT2D eigenvalue weighted by molar-refractivity contribution is -0.0343. The fraction of sp³-hybridized carbons (Fsp3) is 0.750. The van der Waals surface area contributed by atoms with Gasteiger partial charge in [0.25, 0.3) is 0 Å². The van der Waals surface area contributed by atoms with E-state index in [1.165, 1.54) is 70.3 Å². The number of piperidine rings is 2. The monoisotopic (exact) mass is 448 g/mol. The molecule has 0 aromatic heterocycles. The molecule has 0 bridgehead atoms. The van der Waals surface area contributed by atoms with Crippen LogP contribution in [0.15, 0.2) is 28.7 Å². The molecule has 1 N–H and O–H groups in total. The molecular weight excluding hydrogens is 412 g/mol. The van der Waals surface area contributed by atoms with Crippen LogP contribution in [0.5, 0.6) is 0 Å². The zero-order valence-corrected chi connectivity index (χ0v) is 18.9. The molecule has 4 heteroatoms. The van der Waals surface area contributed by atoms with E-state index >= 15 is 0 Å². The number of hydrogen-bond donors (Lipinski definition) is 1. The smallest absolute Gasteiger partial charge is 0.0728 e. The third-order valence-electron chi connectivity index (χ3n) is 7.52. The second-order valence-corrected chi connectivity index (χ2v) is 10.3. The van der Waals surface area contributed by atoms with Crippen LogP contribution in [-0.2, 0) is 0 Å². The summed E-state index contributed by atoms with van der Waals surface area (Å²) >= 11 is 3.65. The molecule has 0 spiro atoms. The summed E-state index contributed by atoms with van der Waals surface area (Å²) in [6.45, 7) is 5.99. The van der Waals surface area contributed by atoms with Crippen LogP contribution in [0.25, 0.3) is 0 Å². The van der Waals surface area contributed by atoms with Crippen molar-refractivity contribution < 1.29 is 5.11 Å². The van der Waals surface area contributed by atoms with Gasteiger partial charge in [-0.3, -0.25) is 0 Å². The molecule has 1 atom stereocenters. The molecule has 1 unspecified atom stereocenters. The van der Waals surface area contributed by atoms with Crippen LogP contribution >= 0.6 is 15.9 Å². The fourth-order valence-electron chi connectivity index (χ4n) is 5.83. The van der Waals surface area contributed by atoms with Crippen LogP contribution in [0.3, 0.4) is 0 Å². The first kappa shape index (κ1) is 20.8. The van der Waals surface area contributed by atoms with Gasteiger partial charge < -0.3 is 14.9 Å². The minimum absolute atomic E-state index is 0.219.